The van der Waals surface area contributed by atoms with Gasteiger partial charge in [0.25, 0.3) is 5.91 Å². The van der Waals surface area contributed by atoms with Gasteiger partial charge in [-0.05, 0) is 42.5 Å². The smallest absolute Gasteiger partial charge is 0.255 e. The van der Waals surface area contributed by atoms with Crippen molar-refractivity contribution in [3.8, 4) is 0 Å². The van der Waals surface area contributed by atoms with Crippen LogP contribution in [0.2, 0.25) is 0 Å². The Morgan fingerprint density at radius 3 is 2.76 bits per heavy atom. The van der Waals surface area contributed by atoms with Crippen LogP contribution in [0.25, 0.3) is 0 Å². The number of amides is 3. The van der Waals surface area contributed by atoms with E-state index < -0.39 is 6.04 Å². The molecule has 1 N–H and O–H groups in total. The monoisotopic (exact) mass is 341 g/mol. The molecule has 3 amide bonds. The van der Waals surface area contributed by atoms with Gasteiger partial charge in [-0.2, -0.15) is 0 Å². The van der Waals surface area contributed by atoms with Crippen molar-refractivity contribution in [2.75, 3.05) is 18.0 Å². The molecule has 2 atom stereocenters. The second-order valence-electron chi connectivity index (χ2n) is 7.25. The zero-order valence-electron chi connectivity index (χ0n) is 14.5. The number of nitrogens with zero attached hydrogens (tertiary/aromatic N) is 2. The molecule has 2 saturated heterocycles. The van der Waals surface area contributed by atoms with Gasteiger partial charge in [0, 0.05) is 37.3 Å². The summed E-state index contributed by atoms with van der Waals surface area (Å²) >= 11 is 0. The molecule has 0 aromatic heterocycles. The van der Waals surface area contributed by atoms with E-state index in [1.54, 1.807) is 4.90 Å². The highest BCUT2D eigenvalue weighted by atomic mass is 16.2. The molecule has 3 heterocycles. The van der Waals surface area contributed by atoms with Crippen LogP contribution in [0, 0.1) is 5.92 Å². The van der Waals surface area contributed by atoms with E-state index in [1.807, 2.05) is 12.1 Å². The van der Waals surface area contributed by atoms with Crippen molar-refractivity contribution in [1.29, 1.82) is 0 Å². The lowest BCUT2D eigenvalue weighted by Crippen LogP contribution is -2.52. The van der Waals surface area contributed by atoms with Crippen LogP contribution in [0.3, 0.4) is 0 Å². The minimum absolute atomic E-state index is 0.107. The molecule has 0 aliphatic carbocycles. The van der Waals surface area contributed by atoms with Gasteiger partial charge in [0.2, 0.25) is 11.8 Å². The van der Waals surface area contributed by atoms with Crippen LogP contribution in [0.15, 0.2) is 18.2 Å². The van der Waals surface area contributed by atoms with Crippen LogP contribution in [0.5, 0.6) is 0 Å². The van der Waals surface area contributed by atoms with Crippen LogP contribution < -0.4 is 10.2 Å². The van der Waals surface area contributed by atoms with Crippen LogP contribution >= 0.6 is 0 Å². The maximum absolute atomic E-state index is 12.7. The largest absolute Gasteiger partial charge is 0.371 e. The fraction of sp³-hybridized carbons (Fsp3) is 0.526. The Labute approximate surface area is 147 Å². The molecule has 0 bridgehead atoms. The van der Waals surface area contributed by atoms with E-state index in [4.69, 9.17) is 0 Å². The Kier molecular flexibility index (Phi) is 3.98. The lowest BCUT2D eigenvalue weighted by atomic mass is 10.0. The molecule has 3 aliphatic heterocycles. The number of fused-ring (bicyclic) bond motifs is 1. The molecule has 132 valence electrons. The number of carbonyl (C=O) groups excluding carboxylic acids is 3. The van der Waals surface area contributed by atoms with Crippen molar-refractivity contribution in [3.05, 3.63) is 29.3 Å². The van der Waals surface area contributed by atoms with Crippen LogP contribution in [0.1, 0.15) is 48.5 Å². The van der Waals surface area contributed by atoms with E-state index in [0.29, 0.717) is 18.5 Å². The standard InChI is InChI=1S/C19H23N3O3/c1-2-12-7-8-21(10-12)14-3-4-15-13(9-14)11-22(19(15)25)16-5-6-17(23)20-18(16)24/h3-4,9,12,16H,2,5-8,10-11H2,1H3,(H,20,23,24)/t12-,16?/m0/s1. The number of piperidine rings is 1. The van der Waals surface area contributed by atoms with E-state index in [9.17, 15) is 14.4 Å². The highest BCUT2D eigenvalue weighted by molar-refractivity contribution is 6.05. The van der Waals surface area contributed by atoms with E-state index in [1.165, 1.54) is 12.8 Å². The van der Waals surface area contributed by atoms with Crippen molar-refractivity contribution in [3.63, 3.8) is 0 Å². The first kappa shape index (κ1) is 16.1. The zero-order chi connectivity index (χ0) is 17.6. The molecule has 6 nitrogen and oxygen atoms in total. The lowest BCUT2D eigenvalue weighted by molar-refractivity contribution is -0.136. The highest BCUT2D eigenvalue weighted by Crippen LogP contribution is 2.32. The number of hydrogen-bond donors (Lipinski definition) is 1. The Morgan fingerprint density at radius 1 is 1.20 bits per heavy atom. The van der Waals surface area contributed by atoms with Crippen LogP contribution in [0.4, 0.5) is 5.69 Å². The number of hydrogen-bond acceptors (Lipinski definition) is 4. The number of carbonyl (C=O) groups is 3. The fourth-order valence-corrected chi connectivity index (χ4v) is 4.16. The van der Waals surface area contributed by atoms with E-state index in [-0.39, 0.29) is 24.1 Å². The summed E-state index contributed by atoms with van der Waals surface area (Å²) in [4.78, 5) is 40.1. The Balaban J connectivity index is 1.53. The number of benzene rings is 1. The maximum atomic E-state index is 12.7. The Bertz CT molecular complexity index is 745. The van der Waals surface area contributed by atoms with Gasteiger partial charge in [0.1, 0.15) is 6.04 Å². The van der Waals surface area contributed by atoms with Crippen molar-refractivity contribution in [1.82, 2.24) is 10.2 Å². The third-order valence-corrected chi connectivity index (χ3v) is 5.74. The van der Waals surface area contributed by atoms with E-state index >= 15 is 0 Å². The predicted molar refractivity (Wildman–Crippen MR) is 93.1 cm³/mol. The summed E-state index contributed by atoms with van der Waals surface area (Å²) in [6.45, 7) is 4.80. The number of rotatable bonds is 3. The molecule has 6 heteroatoms. The van der Waals surface area contributed by atoms with Gasteiger partial charge in [-0.25, -0.2) is 0 Å². The number of nitrogens with one attached hydrogen (secondary N) is 1. The molecule has 0 spiro atoms. The molecule has 0 saturated carbocycles. The molecule has 1 unspecified atom stereocenters. The normalized spacial score (nSPS) is 26.2. The van der Waals surface area contributed by atoms with Crippen molar-refractivity contribution < 1.29 is 14.4 Å². The molecule has 2 fully saturated rings. The molecule has 4 rings (SSSR count). The van der Waals surface area contributed by atoms with Gasteiger partial charge in [-0.1, -0.05) is 13.3 Å². The molecule has 0 radical (unpaired) electrons. The third-order valence-electron chi connectivity index (χ3n) is 5.74. The minimum atomic E-state index is -0.544. The predicted octanol–water partition coefficient (Wildman–Crippen LogP) is 1.68. The van der Waals surface area contributed by atoms with Gasteiger partial charge in [-0.3, -0.25) is 19.7 Å². The second-order valence-corrected chi connectivity index (χ2v) is 7.25. The first-order valence-electron chi connectivity index (χ1n) is 9.09. The maximum Gasteiger partial charge on any atom is 0.255 e. The molecule has 25 heavy (non-hydrogen) atoms. The van der Waals surface area contributed by atoms with Crippen molar-refractivity contribution >= 4 is 23.4 Å². The molecule has 1 aromatic rings. The average molecular weight is 341 g/mol. The summed E-state index contributed by atoms with van der Waals surface area (Å²) in [6, 6.07) is 5.45. The summed E-state index contributed by atoms with van der Waals surface area (Å²) in [7, 11) is 0. The molecule has 1 aromatic carbocycles. The summed E-state index contributed by atoms with van der Waals surface area (Å²) in [6.07, 6.45) is 3.10. The Morgan fingerprint density at radius 2 is 2.04 bits per heavy atom. The quantitative estimate of drug-likeness (QED) is 0.850. The first-order chi connectivity index (χ1) is 12.1. The SMILES string of the molecule is CC[C@H]1CCN(c2ccc3c(c2)CN(C2CCC(=O)NC2=O)C3=O)C1. The molecule has 3 aliphatic rings. The molecular weight excluding hydrogens is 318 g/mol. The average Bonchev–Trinajstić information content (AvgIpc) is 3.20. The van der Waals surface area contributed by atoms with Crippen LogP contribution in [-0.2, 0) is 16.1 Å². The summed E-state index contributed by atoms with van der Waals surface area (Å²) in [5.74, 6) is 0.0222. The minimum Gasteiger partial charge on any atom is -0.371 e. The Hall–Kier alpha value is -2.37. The van der Waals surface area contributed by atoms with Crippen molar-refractivity contribution in [2.45, 2.75) is 45.2 Å². The van der Waals surface area contributed by atoms with E-state index in [0.717, 1.165) is 30.3 Å². The van der Waals surface area contributed by atoms with Gasteiger partial charge >= 0.3 is 0 Å². The fourth-order valence-electron chi connectivity index (χ4n) is 4.16. The number of imide groups is 1. The van der Waals surface area contributed by atoms with E-state index in [2.05, 4.69) is 23.2 Å². The van der Waals surface area contributed by atoms with Crippen molar-refractivity contribution in [2.24, 2.45) is 5.92 Å². The third kappa shape index (κ3) is 2.79. The van der Waals surface area contributed by atoms with Gasteiger partial charge in [-0.15, -0.1) is 0 Å². The summed E-state index contributed by atoms with van der Waals surface area (Å²) in [5, 5.41) is 2.34. The topological polar surface area (TPSA) is 69.7 Å². The zero-order valence-corrected chi connectivity index (χ0v) is 14.5. The summed E-state index contributed by atoms with van der Waals surface area (Å²) in [5.41, 5.74) is 2.82. The first-order valence-corrected chi connectivity index (χ1v) is 9.09. The second kappa shape index (κ2) is 6.17. The van der Waals surface area contributed by atoms with Crippen LogP contribution in [-0.4, -0.2) is 41.8 Å². The van der Waals surface area contributed by atoms with Gasteiger partial charge in [0.05, 0.1) is 0 Å². The van der Waals surface area contributed by atoms with Gasteiger partial charge < -0.3 is 9.80 Å². The highest BCUT2D eigenvalue weighted by Gasteiger charge is 2.39. The molecular formula is C19H23N3O3. The lowest BCUT2D eigenvalue weighted by Gasteiger charge is -2.29. The summed E-state index contributed by atoms with van der Waals surface area (Å²) < 4.78 is 0. The van der Waals surface area contributed by atoms with Gasteiger partial charge in [0.15, 0.2) is 0 Å². The number of anilines is 1.